The van der Waals surface area contributed by atoms with Crippen LogP contribution in [0, 0.1) is 6.92 Å². The molecule has 2 aromatic rings. The maximum Gasteiger partial charge on any atom is 0.255 e. The van der Waals surface area contributed by atoms with E-state index in [9.17, 15) is 4.79 Å². The van der Waals surface area contributed by atoms with Crippen LogP contribution in [-0.4, -0.2) is 17.1 Å². The predicted octanol–water partition coefficient (Wildman–Crippen LogP) is 5.51. The average molecular weight is 372 g/mol. The monoisotopic (exact) mass is 371 g/mol. The summed E-state index contributed by atoms with van der Waals surface area (Å²) in [5.74, 6) is 1.27. The Morgan fingerprint density at radius 1 is 1.00 bits per heavy atom. The predicted molar refractivity (Wildman–Crippen MR) is 112 cm³/mol. The van der Waals surface area contributed by atoms with Crippen LogP contribution in [0.1, 0.15) is 69.5 Å². The van der Waals surface area contributed by atoms with Gasteiger partial charge in [-0.1, -0.05) is 51.9 Å². The summed E-state index contributed by atoms with van der Waals surface area (Å²) in [5.41, 5.74) is 2.43. The Bertz CT molecular complexity index is 738. The molecule has 0 spiro atoms. The summed E-state index contributed by atoms with van der Waals surface area (Å²) in [5, 5.41) is 3.14. The molecule has 0 saturated carbocycles. The van der Waals surface area contributed by atoms with Crippen LogP contribution in [0.2, 0.25) is 0 Å². The third kappa shape index (κ3) is 7.08. The van der Waals surface area contributed by atoms with Gasteiger partial charge in [-0.2, -0.15) is 0 Å². The summed E-state index contributed by atoms with van der Waals surface area (Å²) in [4.78, 5) is 19.8. The van der Waals surface area contributed by atoms with Gasteiger partial charge in [0.15, 0.2) is 0 Å². The molecule has 0 radical (unpaired) electrons. The second kappa shape index (κ2) is 11.4. The first-order chi connectivity index (χ1) is 13.1. The van der Waals surface area contributed by atoms with Crippen molar-refractivity contribution in [1.29, 1.82) is 0 Å². The number of benzene rings is 1. The maximum atomic E-state index is 12.4. The highest BCUT2D eigenvalue weighted by atomic mass is 16.5. The minimum Gasteiger partial charge on any atom is -0.497 e. The number of unbranched alkanes of at least 4 members (excludes halogenated alkanes) is 7. The summed E-state index contributed by atoms with van der Waals surface area (Å²) in [6, 6.07) is 7.51. The number of rotatable bonds is 12. The Morgan fingerprint density at radius 2 is 1.63 bits per heavy atom. The quantitative estimate of drug-likeness (QED) is 0.483. The van der Waals surface area contributed by atoms with E-state index in [0.717, 1.165) is 35.5 Å². The molecule has 5 nitrogen and oxygen atoms in total. The molecular formula is C22H33N3O2. The van der Waals surface area contributed by atoms with Gasteiger partial charge in [0.25, 0.3) is 5.56 Å². The van der Waals surface area contributed by atoms with Gasteiger partial charge in [-0.25, -0.2) is 4.98 Å². The zero-order chi connectivity index (χ0) is 19.5. The third-order valence-electron chi connectivity index (χ3n) is 4.86. The second-order valence-corrected chi connectivity index (χ2v) is 7.06. The molecule has 27 heavy (non-hydrogen) atoms. The molecule has 148 valence electrons. The van der Waals surface area contributed by atoms with E-state index < -0.39 is 0 Å². The smallest absolute Gasteiger partial charge is 0.255 e. The number of anilines is 2. The lowest BCUT2D eigenvalue weighted by Crippen LogP contribution is -2.18. The van der Waals surface area contributed by atoms with E-state index in [4.69, 9.17) is 4.74 Å². The molecule has 0 bridgehead atoms. The maximum absolute atomic E-state index is 12.4. The van der Waals surface area contributed by atoms with Crippen LogP contribution in [0.25, 0.3) is 0 Å². The van der Waals surface area contributed by atoms with Crippen molar-refractivity contribution in [3.05, 3.63) is 45.9 Å². The molecule has 0 aliphatic carbocycles. The van der Waals surface area contributed by atoms with E-state index in [1.165, 1.54) is 44.9 Å². The SMILES string of the molecule is CCCCCCCCCCc1c(C)nc(Nc2ccc(OC)cc2)[nH]c1=O. The molecule has 2 rings (SSSR count). The number of methoxy groups -OCH3 is 1. The molecule has 2 N–H and O–H groups in total. The normalized spacial score (nSPS) is 10.8. The molecular weight excluding hydrogens is 338 g/mol. The number of H-pyrrole nitrogens is 1. The van der Waals surface area contributed by atoms with E-state index in [2.05, 4.69) is 22.2 Å². The van der Waals surface area contributed by atoms with Gasteiger partial charge < -0.3 is 10.1 Å². The lowest BCUT2D eigenvalue weighted by atomic mass is 10.0. The number of hydrogen-bond acceptors (Lipinski definition) is 4. The van der Waals surface area contributed by atoms with E-state index in [1.807, 2.05) is 31.2 Å². The molecule has 5 heteroatoms. The molecule has 0 atom stereocenters. The summed E-state index contributed by atoms with van der Waals surface area (Å²) >= 11 is 0. The van der Waals surface area contributed by atoms with Crippen LogP contribution in [0.15, 0.2) is 29.1 Å². The summed E-state index contributed by atoms with van der Waals surface area (Å²) < 4.78 is 5.15. The first-order valence-corrected chi connectivity index (χ1v) is 10.1. The van der Waals surface area contributed by atoms with Gasteiger partial charge in [0.2, 0.25) is 5.95 Å². The Morgan fingerprint density at radius 3 is 2.22 bits per heavy atom. The molecule has 0 unspecified atom stereocenters. The number of nitrogens with zero attached hydrogens (tertiary/aromatic N) is 1. The van der Waals surface area contributed by atoms with E-state index in [0.29, 0.717) is 5.95 Å². The first-order valence-electron chi connectivity index (χ1n) is 10.1. The van der Waals surface area contributed by atoms with Gasteiger partial charge in [0, 0.05) is 16.9 Å². The second-order valence-electron chi connectivity index (χ2n) is 7.06. The zero-order valence-electron chi connectivity index (χ0n) is 16.9. The van der Waals surface area contributed by atoms with Crippen LogP contribution in [0.5, 0.6) is 5.75 Å². The molecule has 1 aromatic heterocycles. The fourth-order valence-electron chi connectivity index (χ4n) is 3.21. The summed E-state index contributed by atoms with van der Waals surface area (Å²) in [7, 11) is 1.63. The van der Waals surface area contributed by atoms with Crippen molar-refractivity contribution in [1.82, 2.24) is 9.97 Å². The highest BCUT2D eigenvalue weighted by molar-refractivity contribution is 5.54. The highest BCUT2D eigenvalue weighted by Crippen LogP contribution is 2.18. The fourth-order valence-corrected chi connectivity index (χ4v) is 3.21. The van der Waals surface area contributed by atoms with E-state index >= 15 is 0 Å². The van der Waals surface area contributed by atoms with Crippen molar-refractivity contribution in [3.63, 3.8) is 0 Å². The van der Waals surface area contributed by atoms with Crippen LogP contribution in [0.4, 0.5) is 11.6 Å². The molecule has 0 saturated heterocycles. The van der Waals surface area contributed by atoms with Gasteiger partial charge in [-0.05, 0) is 44.0 Å². The lowest BCUT2D eigenvalue weighted by molar-refractivity contribution is 0.415. The van der Waals surface area contributed by atoms with Crippen molar-refractivity contribution < 1.29 is 4.74 Å². The number of hydrogen-bond donors (Lipinski definition) is 2. The number of ether oxygens (including phenoxy) is 1. The molecule has 1 heterocycles. The third-order valence-corrected chi connectivity index (χ3v) is 4.86. The highest BCUT2D eigenvalue weighted by Gasteiger charge is 2.08. The Balaban J connectivity index is 1.84. The van der Waals surface area contributed by atoms with Crippen LogP contribution in [-0.2, 0) is 6.42 Å². The average Bonchev–Trinajstić information content (AvgIpc) is 2.66. The number of aromatic amines is 1. The zero-order valence-corrected chi connectivity index (χ0v) is 16.9. The summed E-state index contributed by atoms with van der Waals surface area (Å²) in [6.07, 6.45) is 10.9. The van der Waals surface area contributed by atoms with Gasteiger partial charge in [0.05, 0.1) is 7.11 Å². The Labute approximate surface area is 162 Å². The molecule has 1 aromatic carbocycles. The minimum atomic E-state index is -0.0403. The van der Waals surface area contributed by atoms with Gasteiger partial charge in [-0.3, -0.25) is 9.78 Å². The largest absolute Gasteiger partial charge is 0.497 e. The van der Waals surface area contributed by atoms with Crippen molar-refractivity contribution in [3.8, 4) is 5.75 Å². The number of aromatic nitrogens is 2. The van der Waals surface area contributed by atoms with Gasteiger partial charge in [0.1, 0.15) is 5.75 Å². The Hall–Kier alpha value is -2.30. The molecule has 0 fully saturated rings. The van der Waals surface area contributed by atoms with Crippen molar-refractivity contribution in [2.75, 3.05) is 12.4 Å². The first kappa shape index (κ1) is 21.0. The Kier molecular flexibility index (Phi) is 8.89. The minimum absolute atomic E-state index is 0.0403. The van der Waals surface area contributed by atoms with Crippen molar-refractivity contribution >= 4 is 11.6 Å². The van der Waals surface area contributed by atoms with Crippen molar-refractivity contribution in [2.24, 2.45) is 0 Å². The molecule has 0 amide bonds. The van der Waals surface area contributed by atoms with Crippen molar-refractivity contribution in [2.45, 2.75) is 71.6 Å². The van der Waals surface area contributed by atoms with Gasteiger partial charge in [-0.15, -0.1) is 0 Å². The van der Waals surface area contributed by atoms with Gasteiger partial charge >= 0.3 is 0 Å². The van der Waals surface area contributed by atoms with Crippen LogP contribution >= 0.6 is 0 Å². The number of aryl methyl sites for hydroxylation is 1. The standard InChI is InChI=1S/C22H33N3O2/c1-4-5-6-7-8-9-10-11-12-20-17(2)23-22(25-21(20)26)24-18-13-15-19(27-3)16-14-18/h13-16H,4-12H2,1-3H3,(H2,23,24,25,26). The number of nitrogens with one attached hydrogen (secondary N) is 2. The van der Waals surface area contributed by atoms with E-state index in [1.54, 1.807) is 7.11 Å². The molecule has 0 aliphatic heterocycles. The fraction of sp³-hybridized carbons (Fsp3) is 0.545. The van der Waals surface area contributed by atoms with E-state index in [-0.39, 0.29) is 5.56 Å². The summed E-state index contributed by atoms with van der Waals surface area (Å²) in [6.45, 7) is 4.15. The van der Waals surface area contributed by atoms with Crippen LogP contribution < -0.4 is 15.6 Å². The lowest BCUT2D eigenvalue weighted by Gasteiger charge is -2.10. The topological polar surface area (TPSA) is 67.0 Å². The molecule has 0 aliphatic rings. The van der Waals surface area contributed by atoms with Crippen LogP contribution in [0.3, 0.4) is 0 Å².